The molecule has 0 saturated carbocycles. The SMILES string of the molecule is [2H]c1ccccc1OC(=O)n1ccc2ccncc21. The number of nitrogens with zero attached hydrogens (tertiary/aromatic N) is 2. The highest BCUT2D eigenvalue weighted by Crippen LogP contribution is 2.16. The molecule has 0 N–H and O–H groups in total. The molecule has 0 atom stereocenters. The largest absolute Gasteiger partial charge is 0.423 e. The van der Waals surface area contributed by atoms with Gasteiger partial charge in [-0.2, -0.15) is 0 Å². The maximum atomic E-state index is 12.1. The number of benzene rings is 1. The molecule has 0 unspecified atom stereocenters. The van der Waals surface area contributed by atoms with Crippen molar-refractivity contribution in [1.82, 2.24) is 9.55 Å². The number of pyridine rings is 1. The third-order valence-corrected chi connectivity index (χ3v) is 2.57. The van der Waals surface area contributed by atoms with E-state index in [1.54, 1.807) is 42.9 Å². The van der Waals surface area contributed by atoms with Crippen LogP contribution in [0.25, 0.3) is 10.9 Å². The Balaban J connectivity index is 1.95. The molecule has 2 aromatic heterocycles. The first-order chi connectivity index (χ1) is 9.25. The molecule has 4 heteroatoms. The van der Waals surface area contributed by atoms with Gasteiger partial charge in [-0.3, -0.25) is 9.55 Å². The second-order valence-corrected chi connectivity index (χ2v) is 3.72. The van der Waals surface area contributed by atoms with Crippen LogP contribution in [0.4, 0.5) is 4.79 Å². The molecule has 18 heavy (non-hydrogen) atoms. The smallest absolute Gasteiger partial charge is 0.410 e. The molecule has 2 heterocycles. The van der Waals surface area contributed by atoms with Crippen LogP contribution in [0.15, 0.2) is 61.0 Å². The summed E-state index contributed by atoms with van der Waals surface area (Å²) >= 11 is 0. The summed E-state index contributed by atoms with van der Waals surface area (Å²) in [6.07, 6.45) is 4.34. The van der Waals surface area contributed by atoms with Gasteiger partial charge in [-0.1, -0.05) is 18.2 Å². The molecule has 88 valence electrons. The van der Waals surface area contributed by atoms with Crippen molar-refractivity contribution in [2.45, 2.75) is 0 Å². The molecular weight excluding hydrogens is 228 g/mol. The first kappa shape index (κ1) is 9.41. The van der Waals surface area contributed by atoms with Gasteiger partial charge in [-0.05, 0) is 24.2 Å². The van der Waals surface area contributed by atoms with E-state index in [2.05, 4.69) is 4.98 Å². The molecule has 0 aliphatic heterocycles. The number of hydrogen-bond acceptors (Lipinski definition) is 3. The van der Waals surface area contributed by atoms with Crippen LogP contribution < -0.4 is 4.74 Å². The summed E-state index contributed by atoms with van der Waals surface area (Å²) in [4.78, 5) is 16.1. The molecule has 0 aliphatic rings. The summed E-state index contributed by atoms with van der Waals surface area (Å²) in [6.45, 7) is 0. The van der Waals surface area contributed by atoms with Crippen LogP contribution in [0, 0.1) is 0 Å². The molecule has 0 bridgehead atoms. The van der Waals surface area contributed by atoms with Crippen LogP contribution in [0.1, 0.15) is 1.37 Å². The van der Waals surface area contributed by atoms with E-state index in [1.165, 1.54) is 4.57 Å². The molecule has 3 aromatic rings. The molecule has 4 nitrogen and oxygen atoms in total. The van der Waals surface area contributed by atoms with Crippen LogP contribution in [0.3, 0.4) is 0 Å². The third-order valence-electron chi connectivity index (χ3n) is 2.57. The zero-order valence-corrected chi connectivity index (χ0v) is 9.41. The minimum absolute atomic E-state index is 0.172. The fourth-order valence-corrected chi connectivity index (χ4v) is 1.72. The van der Waals surface area contributed by atoms with E-state index in [0.717, 1.165) is 5.39 Å². The average Bonchev–Trinajstić information content (AvgIpc) is 2.85. The quantitative estimate of drug-likeness (QED) is 0.655. The maximum Gasteiger partial charge on any atom is 0.423 e. The van der Waals surface area contributed by atoms with Crippen molar-refractivity contribution in [2.24, 2.45) is 0 Å². The van der Waals surface area contributed by atoms with E-state index >= 15 is 0 Å². The first-order valence-corrected chi connectivity index (χ1v) is 5.44. The van der Waals surface area contributed by atoms with Crippen LogP contribution in [-0.4, -0.2) is 15.6 Å². The van der Waals surface area contributed by atoms with Gasteiger partial charge in [0, 0.05) is 17.8 Å². The average molecular weight is 239 g/mol. The molecule has 0 saturated heterocycles. The van der Waals surface area contributed by atoms with Gasteiger partial charge in [0.15, 0.2) is 0 Å². The number of ether oxygens (including phenoxy) is 1. The van der Waals surface area contributed by atoms with E-state index < -0.39 is 6.09 Å². The molecule has 0 aliphatic carbocycles. The fraction of sp³-hybridized carbons (Fsp3) is 0. The Kier molecular flexibility index (Phi) is 2.27. The van der Waals surface area contributed by atoms with Gasteiger partial charge < -0.3 is 4.74 Å². The predicted octanol–water partition coefficient (Wildman–Crippen LogP) is 3.08. The molecular formula is C14H10N2O2. The van der Waals surface area contributed by atoms with Crippen molar-refractivity contribution in [3.8, 4) is 5.75 Å². The number of carbonyl (C=O) groups excluding carboxylic acids is 1. The van der Waals surface area contributed by atoms with Gasteiger partial charge in [0.25, 0.3) is 0 Å². The minimum Gasteiger partial charge on any atom is -0.410 e. The molecule has 3 rings (SSSR count). The zero-order chi connectivity index (χ0) is 13.2. The minimum atomic E-state index is -0.553. The lowest BCUT2D eigenvalue weighted by molar-refractivity contribution is 0.203. The van der Waals surface area contributed by atoms with Gasteiger partial charge in [-0.25, -0.2) is 4.79 Å². The van der Waals surface area contributed by atoms with Gasteiger partial charge in [0.1, 0.15) is 5.75 Å². The standard InChI is InChI=1S/C14H10N2O2/c17-14(18-12-4-2-1-3-5-12)16-9-7-11-6-8-15-10-13(11)16/h1-10H/i4D. The van der Waals surface area contributed by atoms with E-state index in [1.807, 2.05) is 12.1 Å². The van der Waals surface area contributed by atoms with Crippen molar-refractivity contribution in [3.63, 3.8) is 0 Å². The number of rotatable bonds is 1. The second-order valence-electron chi connectivity index (χ2n) is 3.72. The van der Waals surface area contributed by atoms with Crippen molar-refractivity contribution < 1.29 is 10.9 Å². The fourth-order valence-electron chi connectivity index (χ4n) is 1.72. The highest BCUT2D eigenvalue weighted by molar-refractivity contribution is 5.89. The normalized spacial score (nSPS) is 11.2. The van der Waals surface area contributed by atoms with Crippen molar-refractivity contribution >= 4 is 17.0 Å². The predicted molar refractivity (Wildman–Crippen MR) is 67.6 cm³/mol. The van der Waals surface area contributed by atoms with E-state index in [9.17, 15) is 4.79 Å². The Labute approximate surface area is 105 Å². The number of hydrogen-bond donors (Lipinski definition) is 0. The van der Waals surface area contributed by atoms with Crippen molar-refractivity contribution in [1.29, 1.82) is 0 Å². The summed E-state index contributed by atoms with van der Waals surface area (Å²) in [5, 5.41) is 0.908. The number of aromatic nitrogens is 2. The van der Waals surface area contributed by atoms with Crippen LogP contribution in [0.2, 0.25) is 0 Å². The Bertz CT molecular complexity index is 752. The maximum absolute atomic E-state index is 12.1. The van der Waals surface area contributed by atoms with E-state index in [0.29, 0.717) is 5.52 Å². The number of carbonyl (C=O) groups is 1. The first-order valence-electron chi connectivity index (χ1n) is 5.94. The highest BCUT2D eigenvalue weighted by atomic mass is 16.6. The summed E-state index contributed by atoms with van der Waals surface area (Å²) in [5.74, 6) is 0.234. The summed E-state index contributed by atoms with van der Waals surface area (Å²) in [6, 6.07) is 10.4. The molecule has 1 aromatic carbocycles. The van der Waals surface area contributed by atoms with Gasteiger partial charge in [-0.15, -0.1) is 0 Å². The lowest BCUT2D eigenvalue weighted by Crippen LogP contribution is -2.15. The third kappa shape index (κ3) is 1.84. The second kappa shape index (κ2) is 4.33. The Morgan fingerprint density at radius 1 is 1.28 bits per heavy atom. The topological polar surface area (TPSA) is 44.1 Å². The molecule has 0 radical (unpaired) electrons. The Morgan fingerprint density at radius 2 is 2.22 bits per heavy atom. The molecule has 0 amide bonds. The van der Waals surface area contributed by atoms with Crippen LogP contribution in [0.5, 0.6) is 5.75 Å². The van der Waals surface area contributed by atoms with Gasteiger partial charge >= 0.3 is 6.09 Å². The Morgan fingerprint density at radius 3 is 3.11 bits per heavy atom. The molecule has 0 fully saturated rings. The van der Waals surface area contributed by atoms with E-state index in [-0.39, 0.29) is 11.8 Å². The summed E-state index contributed by atoms with van der Waals surface area (Å²) < 4.78 is 14.2. The Hall–Kier alpha value is -2.62. The molecule has 0 spiro atoms. The monoisotopic (exact) mass is 239 g/mol. The van der Waals surface area contributed by atoms with Crippen molar-refractivity contribution in [2.75, 3.05) is 0 Å². The lowest BCUT2D eigenvalue weighted by atomic mass is 10.3. The summed E-state index contributed by atoms with van der Waals surface area (Å²) in [5.41, 5.74) is 0.676. The number of para-hydroxylation sites is 1. The van der Waals surface area contributed by atoms with E-state index in [4.69, 9.17) is 6.11 Å². The van der Waals surface area contributed by atoms with Gasteiger partial charge in [0.05, 0.1) is 13.1 Å². The van der Waals surface area contributed by atoms with Crippen molar-refractivity contribution in [3.05, 3.63) is 61.0 Å². The summed E-state index contributed by atoms with van der Waals surface area (Å²) in [7, 11) is 0. The van der Waals surface area contributed by atoms with Gasteiger partial charge in [0.2, 0.25) is 0 Å². The zero-order valence-electron chi connectivity index (χ0n) is 10.4. The number of fused-ring (bicyclic) bond motifs is 1. The van der Waals surface area contributed by atoms with Crippen LogP contribution >= 0.6 is 0 Å². The van der Waals surface area contributed by atoms with Crippen LogP contribution in [-0.2, 0) is 0 Å². The highest BCUT2D eigenvalue weighted by Gasteiger charge is 2.10. The lowest BCUT2D eigenvalue weighted by Gasteiger charge is -2.05.